The third kappa shape index (κ3) is 10.3. The molecule has 3 aromatic heterocycles. The fourth-order valence-electron chi connectivity index (χ4n) is 5.81. The number of piperidine rings is 1. The maximum absolute atomic E-state index is 13.1. The van der Waals surface area contributed by atoms with Crippen molar-refractivity contribution < 1.29 is 19.0 Å². The molecule has 0 aliphatic carbocycles. The Kier molecular flexibility index (Phi) is 11.5. The van der Waals surface area contributed by atoms with E-state index in [0.717, 1.165) is 64.1 Å². The number of nitrogens with zero attached hydrogens (tertiary/aromatic N) is 6. The standard InChI is InChI=1S/C37H56N6O4Si2/c1-37(2,3)47-36(44)41-16-12-14-29(25-41)33-22-34(42(26-45-17-19-48(4,5)6)27-46-18-20-49(7,8)9)43-35(40-33)31(24-39-43)30-21-28-13-10-11-15-32(28)38-23-30/h10-11,13,15,21-24,29H,12,14,16-20,25-27H2,1-9H3. The quantitative estimate of drug-likeness (QED) is 0.0777. The second-order valence-electron chi connectivity index (χ2n) is 16.8. The van der Waals surface area contributed by atoms with Gasteiger partial charge in [-0.25, -0.2) is 9.78 Å². The zero-order valence-corrected chi connectivity index (χ0v) is 33.1. The van der Waals surface area contributed by atoms with E-state index >= 15 is 0 Å². The normalized spacial score (nSPS) is 16.0. The molecule has 1 atom stereocenters. The summed E-state index contributed by atoms with van der Waals surface area (Å²) in [6.45, 7) is 23.3. The zero-order chi connectivity index (χ0) is 35.4. The van der Waals surface area contributed by atoms with Gasteiger partial charge in [-0.2, -0.15) is 9.61 Å². The van der Waals surface area contributed by atoms with E-state index < -0.39 is 21.7 Å². The number of amides is 1. The fraction of sp³-hybridized carbons (Fsp3) is 0.568. The van der Waals surface area contributed by atoms with Crippen molar-refractivity contribution in [3.8, 4) is 11.1 Å². The van der Waals surface area contributed by atoms with Gasteiger partial charge < -0.3 is 24.0 Å². The van der Waals surface area contributed by atoms with Crippen molar-refractivity contribution in [3.63, 3.8) is 0 Å². The van der Waals surface area contributed by atoms with Gasteiger partial charge in [-0.1, -0.05) is 57.5 Å². The molecule has 0 radical (unpaired) electrons. The van der Waals surface area contributed by atoms with E-state index in [2.05, 4.69) is 62.4 Å². The highest BCUT2D eigenvalue weighted by Crippen LogP contribution is 2.33. The number of carbonyl (C=O) groups is 1. The van der Waals surface area contributed by atoms with E-state index in [1.807, 2.05) is 60.8 Å². The predicted molar refractivity (Wildman–Crippen MR) is 204 cm³/mol. The van der Waals surface area contributed by atoms with Crippen LogP contribution in [0.2, 0.25) is 51.4 Å². The Morgan fingerprint density at radius 1 is 0.959 bits per heavy atom. The van der Waals surface area contributed by atoms with E-state index in [0.29, 0.717) is 39.8 Å². The molecule has 0 spiro atoms. The van der Waals surface area contributed by atoms with Gasteiger partial charge in [-0.05, 0) is 57.8 Å². The summed E-state index contributed by atoms with van der Waals surface area (Å²) in [7, 11) is -2.53. The number of carbonyl (C=O) groups excluding carboxylic acids is 1. The minimum atomic E-state index is -1.27. The Labute approximate surface area is 294 Å². The monoisotopic (exact) mass is 704 g/mol. The van der Waals surface area contributed by atoms with E-state index in [9.17, 15) is 4.79 Å². The van der Waals surface area contributed by atoms with Crippen molar-refractivity contribution in [2.24, 2.45) is 0 Å². The van der Waals surface area contributed by atoms with E-state index in [4.69, 9.17) is 29.3 Å². The number of likely N-dealkylation sites (tertiary alicyclic amines) is 1. The van der Waals surface area contributed by atoms with E-state index in [-0.39, 0.29) is 12.0 Å². The van der Waals surface area contributed by atoms with Gasteiger partial charge in [0.15, 0.2) is 5.65 Å². The smallest absolute Gasteiger partial charge is 0.410 e. The Bertz CT molecular complexity index is 1700. The van der Waals surface area contributed by atoms with Crippen LogP contribution in [0.4, 0.5) is 10.6 Å². The Morgan fingerprint density at radius 3 is 2.29 bits per heavy atom. The SMILES string of the molecule is CC(C)(C)OC(=O)N1CCCC(c2cc(N(COCC[Si](C)(C)C)COCC[Si](C)(C)C)n3ncc(-c4cnc5ccccc5c4)c3n2)C1. The highest BCUT2D eigenvalue weighted by Gasteiger charge is 2.31. The first-order chi connectivity index (χ1) is 23.1. The maximum Gasteiger partial charge on any atom is 0.410 e. The van der Waals surface area contributed by atoms with Crippen molar-refractivity contribution in [1.29, 1.82) is 0 Å². The van der Waals surface area contributed by atoms with Gasteiger partial charge in [0.25, 0.3) is 0 Å². The van der Waals surface area contributed by atoms with Crippen LogP contribution in [-0.4, -0.2) is 92.1 Å². The van der Waals surface area contributed by atoms with Crippen molar-refractivity contribution >= 4 is 44.6 Å². The summed E-state index contributed by atoms with van der Waals surface area (Å²) in [5, 5.41) is 5.96. The van der Waals surface area contributed by atoms with Crippen molar-refractivity contribution in [1.82, 2.24) is 24.5 Å². The minimum Gasteiger partial charge on any atom is -0.444 e. The van der Waals surface area contributed by atoms with Crippen LogP contribution < -0.4 is 4.90 Å². The summed E-state index contributed by atoms with van der Waals surface area (Å²) in [5.41, 5.74) is 3.90. The molecule has 1 aliphatic heterocycles. The molecule has 5 rings (SSSR count). The predicted octanol–water partition coefficient (Wildman–Crippen LogP) is 8.49. The number of fused-ring (bicyclic) bond motifs is 2. The number of para-hydroxylation sites is 1. The van der Waals surface area contributed by atoms with E-state index in [1.165, 1.54) is 0 Å². The number of ether oxygens (including phenoxy) is 3. The summed E-state index contributed by atoms with van der Waals surface area (Å²) in [4.78, 5) is 27.1. The lowest BCUT2D eigenvalue weighted by Gasteiger charge is -2.34. The molecule has 0 saturated carbocycles. The molecule has 1 aliphatic rings. The molecule has 1 saturated heterocycles. The van der Waals surface area contributed by atoms with Crippen LogP contribution in [-0.2, 0) is 14.2 Å². The van der Waals surface area contributed by atoms with Crippen LogP contribution in [0.5, 0.6) is 0 Å². The molecule has 12 heteroatoms. The van der Waals surface area contributed by atoms with Gasteiger partial charge in [0.2, 0.25) is 0 Å². The fourth-order valence-corrected chi connectivity index (χ4v) is 7.32. The lowest BCUT2D eigenvalue weighted by molar-refractivity contribution is 0.0197. The zero-order valence-electron chi connectivity index (χ0n) is 31.1. The molecular formula is C37H56N6O4Si2. The molecular weight excluding hydrogens is 649 g/mol. The van der Waals surface area contributed by atoms with Crippen LogP contribution in [0.1, 0.15) is 45.2 Å². The molecule has 266 valence electrons. The van der Waals surface area contributed by atoms with Crippen LogP contribution in [0, 0.1) is 0 Å². The lowest BCUT2D eigenvalue weighted by atomic mass is 9.94. The molecule has 49 heavy (non-hydrogen) atoms. The van der Waals surface area contributed by atoms with Crippen molar-refractivity contribution in [2.45, 2.75) is 96.5 Å². The molecule has 0 bridgehead atoms. The number of hydrogen-bond donors (Lipinski definition) is 0. The highest BCUT2D eigenvalue weighted by atomic mass is 28.3. The number of pyridine rings is 1. The molecule has 1 unspecified atom stereocenters. The van der Waals surface area contributed by atoms with Crippen LogP contribution >= 0.6 is 0 Å². The van der Waals surface area contributed by atoms with Gasteiger partial charge in [0.1, 0.15) is 24.9 Å². The second kappa shape index (κ2) is 15.3. The van der Waals surface area contributed by atoms with Gasteiger partial charge >= 0.3 is 6.09 Å². The highest BCUT2D eigenvalue weighted by molar-refractivity contribution is 6.76. The Balaban J connectivity index is 1.55. The molecule has 1 amide bonds. The Hall–Kier alpha value is -3.33. The summed E-state index contributed by atoms with van der Waals surface area (Å²) in [6, 6.07) is 14.6. The van der Waals surface area contributed by atoms with Crippen LogP contribution in [0.15, 0.2) is 48.8 Å². The maximum atomic E-state index is 13.1. The lowest BCUT2D eigenvalue weighted by Crippen LogP contribution is -2.42. The summed E-state index contributed by atoms with van der Waals surface area (Å²) in [5.74, 6) is 0.889. The topological polar surface area (TPSA) is 94.3 Å². The summed E-state index contributed by atoms with van der Waals surface area (Å²) < 4.78 is 20.4. The first-order valence-corrected chi connectivity index (χ1v) is 25.1. The Morgan fingerprint density at radius 2 is 1.63 bits per heavy atom. The molecule has 0 N–H and O–H groups in total. The van der Waals surface area contributed by atoms with Gasteiger partial charge in [0.05, 0.1) is 17.4 Å². The average Bonchev–Trinajstić information content (AvgIpc) is 3.46. The van der Waals surface area contributed by atoms with Gasteiger partial charge in [-0.3, -0.25) is 4.98 Å². The van der Waals surface area contributed by atoms with Crippen LogP contribution in [0.25, 0.3) is 27.7 Å². The third-order valence-electron chi connectivity index (χ3n) is 8.68. The van der Waals surface area contributed by atoms with Gasteiger partial charge in [-0.15, -0.1) is 0 Å². The van der Waals surface area contributed by atoms with E-state index in [1.54, 1.807) is 0 Å². The first-order valence-electron chi connectivity index (χ1n) is 17.7. The number of hydrogen-bond acceptors (Lipinski definition) is 8. The molecule has 10 nitrogen and oxygen atoms in total. The molecule has 4 aromatic rings. The second-order valence-corrected chi connectivity index (χ2v) is 28.0. The molecule has 4 heterocycles. The molecule has 1 fully saturated rings. The van der Waals surface area contributed by atoms with Crippen LogP contribution in [0.3, 0.4) is 0 Å². The first kappa shape index (κ1) is 36.9. The third-order valence-corrected chi connectivity index (χ3v) is 12.1. The largest absolute Gasteiger partial charge is 0.444 e. The minimum absolute atomic E-state index is 0.0324. The number of rotatable bonds is 13. The van der Waals surface area contributed by atoms with Crippen molar-refractivity contribution in [2.75, 3.05) is 44.7 Å². The number of aromatic nitrogens is 4. The molecule has 1 aromatic carbocycles. The number of anilines is 1. The summed E-state index contributed by atoms with van der Waals surface area (Å²) in [6.07, 6.45) is 5.29. The van der Waals surface area contributed by atoms with Gasteiger partial charge in [0, 0.05) is 77.1 Å². The average molecular weight is 705 g/mol. The number of benzene rings is 1. The summed E-state index contributed by atoms with van der Waals surface area (Å²) >= 11 is 0. The van der Waals surface area contributed by atoms with Crippen molar-refractivity contribution in [3.05, 3.63) is 54.5 Å².